The number of hydrogen-bond acceptors (Lipinski definition) is 4. The number of ketones is 1. The minimum Gasteiger partial charge on any atom is -0.473 e. The molecule has 0 aliphatic rings. The third kappa shape index (κ3) is 9.93. The van der Waals surface area contributed by atoms with E-state index in [0.717, 1.165) is 12.8 Å². The van der Waals surface area contributed by atoms with Crippen molar-refractivity contribution >= 4 is 17.7 Å². The zero-order valence-corrected chi connectivity index (χ0v) is 16.3. The van der Waals surface area contributed by atoms with Crippen LogP contribution in [0, 0.1) is 18.3 Å². The van der Waals surface area contributed by atoms with E-state index in [4.69, 9.17) is 25.5 Å². The lowest BCUT2D eigenvalue weighted by Crippen LogP contribution is -2.34. The van der Waals surface area contributed by atoms with Gasteiger partial charge in [0.25, 0.3) is 0 Å². The van der Waals surface area contributed by atoms with Crippen molar-refractivity contribution in [2.75, 3.05) is 0 Å². The van der Waals surface area contributed by atoms with Crippen LogP contribution in [0.1, 0.15) is 51.7 Å². The Hall–Kier alpha value is -2.21. The van der Waals surface area contributed by atoms with E-state index in [1.165, 1.54) is 11.1 Å². The molecule has 0 saturated carbocycles. The van der Waals surface area contributed by atoms with Gasteiger partial charge in [-0.1, -0.05) is 57.5 Å². The maximum absolute atomic E-state index is 12.4. The number of aliphatic carboxylic acids is 2. The standard InChI is InChI=1S/C18H29NO.C2H2O4/c1-13(2)10-16(19)11-17(20)18(4,5)12-15-8-6-14(3)7-9-15;3-1(4)2(5)6/h6-9,13,16H,10-12,19H2,1-5H3;(H,3,4)(H,5,6). The van der Waals surface area contributed by atoms with E-state index in [-0.39, 0.29) is 17.2 Å². The fourth-order valence-corrected chi connectivity index (χ4v) is 2.52. The fourth-order valence-electron chi connectivity index (χ4n) is 2.52. The molecule has 26 heavy (non-hydrogen) atoms. The van der Waals surface area contributed by atoms with Gasteiger partial charge in [-0.25, -0.2) is 9.59 Å². The zero-order chi connectivity index (χ0) is 20.5. The SMILES string of the molecule is Cc1ccc(CC(C)(C)C(=O)CC(N)CC(C)C)cc1.O=C(O)C(=O)O. The van der Waals surface area contributed by atoms with Crippen LogP contribution in [0.5, 0.6) is 0 Å². The highest BCUT2D eigenvalue weighted by Crippen LogP contribution is 2.26. The minimum atomic E-state index is -1.82. The van der Waals surface area contributed by atoms with Crippen molar-refractivity contribution in [3.05, 3.63) is 35.4 Å². The van der Waals surface area contributed by atoms with Gasteiger partial charge in [0.05, 0.1) is 0 Å². The van der Waals surface area contributed by atoms with Crippen LogP contribution >= 0.6 is 0 Å². The highest BCUT2D eigenvalue weighted by atomic mass is 16.4. The maximum Gasteiger partial charge on any atom is 0.414 e. The first-order valence-corrected chi connectivity index (χ1v) is 8.65. The summed E-state index contributed by atoms with van der Waals surface area (Å²) in [4.78, 5) is 30.6. The Morgan fingerprint density at radius 2 is 1.50 bits per heavy atom. The second-order valence-electron chi connectivity index (χ2n) is 7.67. The predicted octanol–water partition coefficient (Wildman–Crippen LogP) is 3.05. The molecule has 0 bridgehead atoms. The average molecular weight is 365 g/mol. The van der Waals surface area contributed by atoms with E-state index in [2.05, 4.69) is 45.0 Å². The molecule has 0 aromatic heterocycles. The number of rotatable bonds is 7. The molecule has 1 aromatic rings. The Morgan fingerprint density at radius 3 is 1.88 bits per heavy atom. The van der Waals surface area contributed by atoms with E-state index in [9.17, 15) is 4.79 Å². The van der Waals surface area contributed by atoms with Crippen molar-refractivity contribution < 1.29 is 24.6 Å². The molecular weight excluding hydrogens is 334 g/mol. The van der Waals surface area contributed by atoms with E-state index < -0.39 is 11.9 Å². The largest absolute Gasteiger partial charge is 0.473 e. The zero-order valence-electron chi connectivity index (χ0n) is 16.3. The number of aryl methyl sites for hydroxylation is 1. The van der Waals surface area contributed by atoms with E-state index in [1.54, 1.807) is 0 Å². The van der Waals surface area contributed by atoms with Crippen LogP contribution in [-0.4, -0.2) is 34.0 Å². The van der Waals surface area contributed by atoms with Crippen LogP contribution in [-0.2, 0) is 20.8 Å². The summed E-state index contributed by atoms with van der Waals surface area (Å²) in [6.07, 6.45) is 2.17. The van der Waals surface area contributed by atoms with E-state index >= 15 is 0 Å². The lowest BCUT2D eigenvalue weighted by molar-refractivity contribution is -0.159. The summed E-state index contributed by atoms with van der Waals surface area (Å²) in [6, 6.07) is 8.40. The second kappa shape index (κ2) is 10.7. The molecule has 6 heteroatoms. The molecule has 0 aliphatic heterocycles. The minimum absolute atomic E-state index is 0.0141. The Morgan fingerprint density at radius 1 is 1.04 bits per heavy atom. The average Bonchev–Trinajstić information content (AvgIpc) is 2.49. The summed E-state index contributed by atoms with van der Waals surface area (Å²) < 4.78 is 0. The molecular formula is C20H31NO5. The first kappa shape index (κ1) is 23.8. The number of benzene rings is 1. The molecule has 0 saturated heterocycles. The van der Waals surface area contributed by atoms with Crippen LogP contribution in [0.25, 0.3) is 0 Å². The monoisotopic (exact) mass is 365 g/mol. The smallest absolute Gasteiger partial charge is 0.414 e. The highest BCUT2D eigenvalue weighted by Gasteiger charge is 2.28. The summed E-state index contributed by atoms with van der Waals surface area (Å²) >= 11 is 0. The Kier molecular flexibility index (Phi) is 9.80. The number of hydrogen-bond donors (Lipinski definition) is 3. The Labute approximate surface area is 155 Å². The van der Waals surface area contributed by atoms with Crippen LogP contribution in [0.4, 0.5) is 0 Å². The van der Waals surface area contributed by atoms with Gasteiger partial charge in [-0.15, -0.1) is 0 Å². The van der Waals surface area contributed by atoms with Gasteiger partial charge in [0.15, 0.2) is 0 Å². The first-order valence-electron chi connectivity index (χ1n) is 8.65. The van der Waals surface area contributed by atoms with Gasteiger partial charge in [-0.05, 0) is 31.2 Å². The maximum atomic E-state index is 12.4. The fraction of sp³-hybridized carbons (Fsp3) is 0.550. The van der Waals surface area contributed by atoms with Gasteiger partial charge in [0, 0.05) is 17.9 Å². The number of Topliss-reactive ketones (excluding diaryl/α,β-unsaturated/α-hetero) is 1. The van der Waals surface area contributed by atoms with Crippen LogP contribution < -0.4 is 5.73 Å². The van der Waals surface area contributed by atoms with Crippen LogP contribution in [0.2, 0.25) is 0 Å². The number of nitrogens with two attached hydrogens (primary N) is 1. The lowest BCUT2D eigenvalue weighted by atomic mass is 9.79. The molecule has 0 radical (unpaired) electrons. The van der Waals surface area contributed by atoms with Crippen molar-refractivity contribution in [1.82, 2.24) is 0 Å². The Balaban J connectivity index is 0.000000896. The number of carbonyl (C=O) groups excluding carboxylic acids is 1. The normalized spacial score (nSPS) is 12.1. The number of carboxylic acids is 2. The first-order chi connectivity index (χ1) is 11.8. The Bertz CT molecular complexity index is 593. The molecule has 1 atom stereocenters. The number of carbonyl (C=O) groups is 3. The quantitative estimate of drug-likeness (QED) is 0.639. The summed E-state index contributed by atoms with van der Waals surface area (Å²) in [5.41, 5.74) is 8.18. The van der Waals surface area contributed by atoms with Crippen LogP contribution in [0.3, 0.4) is 0 Å². The lowest BCUT2D eigenvalue weighted by Gasteiger charge is -2.25. The van der Waals surface area contributed by atoms with E-state index in [1.807, 2.05) is 13.8 Å². The third-order valence-electron chi connectivity index (χ3n) is 3.93. The molecule has 1 rings (SSSR count). The van der Waals surface area contributed by atoms with Gasteiger partial charge >= 0.3 is 11.9 Å². The summed E-state index contributed by atoms with van der Waals surface area (Å²) in [6.45, 7) is 10.4. The third-order valence-corrected chi connectivity index (χ3v) is 3.93. The van der Waals surface area contributed by atoms with E-state index in [0.29, 0.717) is 12.3 Å². The molecule has 4 N–H and O–H groups in total. The van der Waals surface area contributed by atoms with Gasteiger partial charge in [0.1, 0.15) is 5.78 Å². The second-order valence-corrected chi connectivity index (χ2v) is 7.67. The topological polar surface area (TPSA) is 118 Å². The van der Waals surface area contributed by atoms with Crippen molar-refractivity contribution in [1.29, 1.82) is 0 Å². The van der Waals surface area contributed by atoms with Crippen LogP contribution in [0.15, 0.2) is 24.3 Å². The summed E-state index contributed by atoms with van der Waals surface area (Å²) in [5, 5.41) is 14.8. The predicted molar refractivity (Wildman–Crippen MR) is 101 cm³/mol. The molecule has 0 spiro atoms. The van der Waals surface area contributed by atoms with Gasteiger partial charge in [-0.2, -0.15) is 0 Å². The van der Waals surface area contributed by atoms with Crippen molar-refractivity contribution in [2.24, 2.45) is 17.1 Å². The number of carboxylic acid groups (broad SMARTS) is 2. The van der Waals surface area contributed by atoms with Gasteiger partial charge < -0.3 is 15.9 Å². The highest BCUT2D eigenvalue weighted by molar-refractivity contribution is 6.27. The van der Waals surface area contributed by atoms with Crippen molar-refractivity contribution in [3.8, 4) is 0 Å². The summed E-state index contributed by atoms with van der Waals surface area (Å²) in [7, 11) is 0. The molecule has 146 valence electrons. The van der Waals surface area contributed by atoms with Crippen molar-refractivity contribution in [3.63, 3.8) is 0 Å². The van der Waals surface area contributed by atoms with Gasteiger partial charge in [0.2, 0.25) is 0 Å². The summed E-state index contributed by atoms with van der Waals surface area (Å²) in [5.74, 6) is -2.84. The molecule has 1 aromatic carbocycles. The van der Waals surface area contributed by atoms with Gasteiger partial charge in [-0.3, -0.25) is 4.79 Å². The van der Waals surface area contributed by atoms with Crippen molar-refractivity contribution in [2.45, 2.75) is 59.9 Å². The molecule has 0 heterocycles. The molecule has 6 nitrogen and oxygen atoms in total. The molecule has 0 amide bonds. The molecule has 1 unspecified atom stereocenters. The molecule has 0 fully saturated rings. The molecule has 0 aliphatic carbocycles.